The van der Waals surface area contributed by atoms with Gasteiger partial charge in [-0.2, -0.15) is 0 Å². The Bertz CT molecular complexity index is 1200. The van der Waals surface area contributed by atoms with Crippen molar-refractivity contribution in [2.24, 2.45) is 11.3 Å². The summed E-state index contributed by atoms with van der Waals surface area (Å²) in [7, 11) is 0. The standard InChI is InChI=1S/C27H33NO5/c1-24(31,14-29)23-20(30)13-18-21(33-23)9-10-25(2)26(3)15(8-11-27(18,25)32)12-17-16-6-4-5-7-19(16)28-22(17)26/h4-7,13,15,21,23,28-29,31-32H,8-12,14H2,1-3H3/t15-,21-,23-,24?,25+,26+,27+/m0/s1. The number of hydrogen-bond acceptors (Lipinski definition) is 5. The van der Waals surface area contributed by atoms with Crippen LogP contribution in [0.1, 0.15) is 57.7 Å². The zero-order valence-corrected chi connectivity index (χ0v) is 19.5. The van der Waals surface area contributed by atoms with Crippen LogP contribution >= 0.6 is 0 Å². The second-order valence-corrected chi connectivity index (χ2v) is 11.4. The number of carbonyl (C=O) groups excluding carboxylic acids is 1. The van der Waals surface area contributed by atoms with E-state index in [4.69, 9.17) is 4.74 Å². The van der Waals surface area contributed by atoms with Gasteiger partial charge in [0.15, 0.2) is 11.9 Å². The van der Waals surface area contributed by atoms with Gasteiger partial charge in [0.25, 0.3) is 0 Å². The van der Waals surface area contributed by atoms with Gasteiger partial charge >= 0.3 is 0 Å². The Balaban J connectivity index is 1.48. The van der Waals surface area contributed by atoms with Gasteiger partial charge in [0.1, 0.15) is 5.60 Å². The molecule has 1 aliphatic heterocycles. The molecule has 0 radical (unpaired) electrons. The number of aromatic nitrogens is 1. The van der Waals surface area contributed by atoms with Crippen molar-refractivity contribution in [3.63, 3.8) is 0 Å². The molecule has 0 amide bonds. The smallest absolute Gasteiger partial charge is 0.187 e. The van der Waals surface area contributed by atoms with Crippen molar-refractivity contribution >= 4 is 16.7 Å². The second-order valence-electron chi connectivity index (χ2n) is 11.4. The SMILES string of the molecule is CC(O)(CO)[C@H]1O[C@H]2CC[C@@]3(C)[C@@](O)(CC[C@H]4Cc5c([nH]c6ccccc56)[C@@]43C)C2=CC1=O. The zero-order valence-electron chi connectivity index (χ0n) is 19.5. The Kier molecular flexibility index (Phi) is 4.29. The van der Waals surface area contributed by atoms with Gasteiger partial charge in [0.05, 0.1) is 18.3 Å². The fraction of sp³-hybridized carbons (Fsp3) is 0.593. The number of rotatable bonds is 2. The molecule has 176 valence electrons. The number of ether oxygens (including phenoxy) is 1. The fourth-order valence-electron chi connectivity index (χ4n) is 7.84. The van der Waals surface area contributed by atoms with Gasteiger partial charge in [0.2, 0.25) is 0 Å². The predicted molar refractivity (Wildman–Crippen MR) is 124 cm³/mol. The van der Waals surface area contributed by atoms with Crippen molar-refractivity contribution in [2.45, 2.75) is 81.7 Å². The third-order valence-corrected chi connectivity index (χ3v) is 9.99. The molecule has 4 aliphatic rings. The number of aromatic amines is 1. The van der Waals surface area contributed by atoms with Gasteiger partial charge in [0, 0.05) is 27.4 Å². The number of nitrogens with one attached hydrogen (secondary N) is 1. The average molecular weight is 452 g/mol. The minimum absolute atomic E-state index is 0.267. The summed E-state index contributed by atoms with van der Waals surface area (Å²) in [5.74, 6) is 0.0387. The quantitative estimate of drug-likeness (QED) is 0.562. The molecular formula is C27H33NO5. The molecule has 33 heavy (non-hydrogen) atoms. The van der Waals surface area contributed by atoms with Crippen molar-refractivity contribution < 1.29 is 24.9 Å². The van der Waals surface area contributed by atoms with E-state index >= 15 is 0 Å². The Morgan fingerprint density at radius 3 is 2.73 bits per heavy atom. The lowest BCUT2D eigenvalue weighted by Gasteiger charge is -2.64. The highest BCUT2D eigenvalue weighted by atomic mass is 16.5. The number of para-hydroxylation sites is 1. The summed E-state index contributed by atoms with van der Waals surface area (Å²) < 4.78 is 6.08. The van der Waals surface area contributed by atoms with E-state index in [9.17, 15) is 20.1 Å². The Morgan fingerprint density at radius 1 is 1.21 bits per heavy atom. The molecule has 4 N–H and O–H groups in total. The molecule has 6 heteroatoms. The molecular weight excluding hydrogens is 418 g/mol. The summed E-state index contributed by atoms with van der Waals surface area (Å²) in [6, 6.07) is 8.42. The Morgan fingerprint density at radius 2 is 1.97 bits per heavy atom. The Hall–Kier alpha value is -1.99. The number of fused-ring (bicyclic) bond motifs is 9. The molecule has 0 spiro atoms. The van der Waals surface area contributed by atoms with Crippen LogP contribution in [0, 0.1) is 11.3 Å². The molecule has 2 saturated carbocycles. The van der Waals surface area contributed by atoms with Crippen LogP contribution in [0.15, 0.2) is 35.9 Å². The first kappa shape index (κ1) is 21.5. The van der Waals surface area contributed by atoms with Crippen LogP contribution in [-0.2, 0) is 21.4 Å². The van der Waals surface area contributed by atoms with Gasteiger partial charge in [-0.25, -0.2) is 0 Å². The summed E-state index contributed by atoms with van der Waals surface area (Å²) in [6.07, 6.45) is 3.83. The highest BCUT2D eigenvalue weighted by molar-refractivity contribution is 5.96. The summed E-state index contributed by atoms with van der Waals surface area (Å²) in [5, 5.41) is 33.7. The highest BCUT2D eigenvalue weighted by Crippen LogP contribution is 2.69. The molecule has 2 fully saturated rings. The largest absolute Gasteiger partial charge is 0.393 e. The molecule has 6 rings (SSSR count). The molecule has 0 saturated heterocycles. The normalized spacial score (nSPS) is 41.6. The van der Waals surface area contributed by atoms with Gasteiger partial charge in [-0.3, -0.25) is 4.79 Å². The van der Waals surface area contributed by atoms with E-state index in [0.29, 0.717) is 24.3 Å². The first-order chi connectivity index (χ1) is 15.6. The number of hydrogen-bond donors (Lipinski definition) is 4. The molecule has 6 nitrogen and oxygen atoms in total. The third kappa shape index (κ3) is 2.45. The van der Waals surface area contributed by atoms with Gasteiger partial charge in [-0.05, 0) is 68.2 Å². The zero-order chi connectivity index (χ0) is 23.4. The van der Waals surface area contributed by atoms with E-state index < -0.39 is 35.4 Å². The van der Waals surface area contributed by atoms with Crippen LogP contribution in [0.2, 0.25) is 0 Å². The van der Waals surface area contributed by atoms with Crippen LogP contribution in [0.25, 0.3) is 10.9 Å². The number of carbonyl (C=O) groups is 1. The molecule has 2 heterocycles. The number of ketones is 1. The third-order valence-electron chi connectivity index (χ3n) is 9.99. The molecule has 2 aromatic rings. The minimum Gasteiger partial charge on any atom is -0.393 e. The van der Waals surface area contributed by atoms with Crippen molar-refractivity contribution in [1.29, 1.82) is 0 Å². The number of aliphatic hydroxyl groups excluding tert-OH is 1. The molecule has 1 aromatic carbocycles. The maximum atomic E-state index is 13.0. The fourth-order valence-corrected chi connectivity index (χ4v) is 7.84. The van der Waals surface area contributed by atoms with E-state index in [0.717, 1.165) is 24.8 Å². The molecule has 1 unspecified atom stereocenters. The van der Waals surface area contributed by atoms with Crippen molar-refractivity contribution in [3.8, 4) is 0 Å². The van der Waals surface area contributed by atoms with Crippen LogP contribution in [0.5, 0.6) is 0 Å². The summed E-state index contributed by atoms with van der Waals surface area (Å²) in [4.78, 5) is 16.7. The van der Waals surface area contributed by atoms with Gasteiger partial charge < -0.3 is 25.0 Å². The molecule has 7 atom stereocenters. The first-order valence-electron chi connectivity index (χ1n) is 12.1. The maximum Gasteiger partial charge on any atom is 0.187 e. The number of benzene rings is 1. The molecule has 1 aromatic heterocycles. The highest BCUT2D eigenvalue weighted by Gasteiger charge is 2.70. The van der Waals surface area contributed by atoms with Crippen LogP contribution in [-0.4, -0.2) is 56.1 Å². The molecule has 0 bridgehead atoms. The monoisotopic (exact) mass is 451 g/mol. The predicted octanol–water partition coefficient (Wildman–Crippen LogP) is 2.93. The van der Waals surface area contributed by atoms with Gasteiger partial charge in [-0.1, -0.05) is 32.0 Å². The maximum absolute atomic E-state index is 13.0. The van der Waals surface area contributed by atoms with E-state index in [-0.39, 0.29) is 11.2 Å². The topological polar surface area (TPSA) is 103 Å². The van der Waals surface area contributed by atoms with Crippen LogP contribution in [0.4, 0.5) is 0 Å². The summed E-state index contributed by atoms with van der Waals surface area (Å²) in [6.45, 7) is 5.34. The minimum atomic E-state index is -1.66. The van der Waals surface area contributed by atoms with E-state index in [1.165, 1.54) is 29.6 Å². The van der Waals surface area contributed by atoms with Crippen molar-refractivity contribution in [3.05, 3.63) is 47.2 Å². The van der Waals surface area contributed by atoms with Crippen molar-refractivity contribution in [1.82, 2.24) is 4.98 Å². The van der Waals surface area contributed by atoms with Crippen molar-refractivity contribution in [2.75, 3.05) is 6.61 Å². The summed E-state index contributed by atoms with van der Waals surface area (Å²) in [5.41, 5.74) is 0.813. The van der Waals surface area contributed by atoms with Crippen LogP contribution in [0.3, 0.4) is 0 Å². The Labute approximate surface area is 193 Å². The van der Waals surface area contributed by atoms with E-state index in [1.54, 1.807) is 0 Å². The van der Waals surface area contributed by atoms with Crippen LogP contribution < -0.4 is 0 Å². The summed E-state index contributed by atoms with van der Waals surface area (Å²) >= 11 is 0. The first-order valence-corrected chi connectivity index (χ1v) is 12.1. The van der Waals surface area contributed by atoms with E-state index in [2.05, 4.69) is 37.0 Å². The average Bonchev–Trinajstić information content (AvgIpc) is 3.30. The lowest BCUT2D eigenvalue weighted by molar-refractivity contribution is -0.200. The lowest BCUT2D eigenvalue weighted by atomic mass is 9.42. The second kappa shape index (κ2) is 6.57. The number of H-pyrrole nitrogens is 1. The number of aliphatic hydroxyl groups is 3. The lowest BCUT2D eigenvalue weighted by Crippen LogP contribution is -2.68. The molecule has 3 aliphatic carbocycles. The van der Waals surface area contributed by atoms with Gasteiger partial charge in [-0.15, -0.1) is 0 Å². The van der Waals surface area contributed by atoms with E-state index in [1.807, 2.05) is 6.07 Å².